The molecule has 19 heavy (non-hydrogen) atoms. The second-order valence-electron chi connectivity index (χ2n) is 4.26. The first-order chi connectivity index (χ1) is 9.09. The summed E-state index contributed by atoms with van der Waals surface area (Å²) < 4.78 is 5.00. The predicted octanol–water partition coefficient (Wildman–Crippen LogP) is 0.177. The van der Waals surface area contributed by atoms with Crippen LogP contribution in [0.4, 0.5) is 0 Å². The van der Waals surface area contributed by atoms with Crippen molar-refractivity contribution in [3.05, 3.63) is 35.9 Å². The number of benzene rings is 1. The zero-order chi connectivity index (χ0) is 13.8. The van der Waals surface area contributed by atoms with Crippen LogP contribution in [-0.2, 0) is 25.7 Å². The lowest BCUT2D eigenvalue weighted by molar-refractivity contribution is -0.159. The maximum absolute atomic E-state index is 11.8. The molecule has 2 N–H and O–H groups in total. The lowest BCUT2D eigenvalue weighted by atomic mass is 9.96. The van der Waals surface area contributed by atoms with Crippen LogP contribution in [0.3, 0.4) is 0 Å². The van der Waals surface area contributed by atoms with E-state index < -0.39 is 29.7 Å². The second-order valence-corrected chi connectivity index (χ2v) is 4.26. The van der Waals surface area contributed by atoms with Crippen LogP contribution in [0.5, 0.6) is 0 Å². The summed E-state index contributed by atoms with van der Waals surface area (Å²) in [7, 11) is 0. The van der Waals surface area contributed by atoms with Crippen LogP contribution in [0.1, 0.15) is 5.56 Å². The van der Waals surface area contributed by atoms with Gasteiger partial charge in [0.2, 0.25) is 5.91 Å². The summed E-state index contributed by atoms with van der Waals surface area (Å²) in [6.07, 6.45) is 0. The molecule has 0 bridgehead atoms. The smallest absolute Gasteiger partial charge is 0.319 e. The molecule has 100 valence electrons. The monoisotopic (exact) mass is 263 g/mol. The number of aliphatic carboxylic acids is 1. The van der Waals surface area contributed by atoms with E-state index in [2.05, 4.69) is 5.32 Å². The molecule has 1 unspecified atom stereocenters. The average Bonchev–Trinajstić information content (AvgIpc) is 2.79. The van der Waals surface area contributed by atoms with Crippen molar-refractivity contribution in [2.45, 2.75) is 6.61 Å². The van der Waals surface area contributed by atoms with Crippen molar-refractivity contribution in [1.29, 1.82) is 0 Å². The van der Waals surface area contributed by atoms with Crippen molar-refractivity contribution in [2.75, 3.05) is 6.54 Å². The standard InChI is InChI=1S/C13H13NO5/c15-11-10(9(6-14-11)12(16)17)13(18)19-7-8-4-2-1-3-5-8/h1-5,9-10H,6-7H2,(H,14,15)(H,16,17)/t9-,10?/m1/s1. The van der Waals surface area contributed by atoms with E-state index in [1.807, 2.05) is 6.07 Å². The molecule has 1 aromatic carbocycles. The number of rotatable bonds is 4. The number of nitrogens with one attached hydrogen (secondary N) is 1. The van der Waals surface area contributed by atoms with E-state index >= 15 is 0 Å². The summed E-state index contributed by atoms with van der Waals surface area (Å²) in [5.41, 5.74) is 0.779. The van der Waals surface area contributed by atoms with Crippen LogP contribution in [-0.4, -0.2) is 29.5 Å². The minimum absolute atomic E-state index is 0.0236. The third-order valence-electron chi connectivity index (χ3n) is 2.98. The number of amides is 1. The Morgan fingerprint density at radius 2 is 2.00 bits per heavy atom. The number of carboxylic acid groups (broad SMARTS) is 1. The van der Waals surface area contributed by atoms with Crippen LogP contribution in [0.15, 0.2) is 30.3 Å². The highest BCUT2D eigenvalue weighted by Gasteiger charge is 2.45. The molecular weight excluding hydrogens is 250 g/mol. The molecule has 2 atom stereocenters. The number of hydrogen-bond donors (Lipinski definition) is 2. The zero-order valence-electron chi connectivity index (χ0n) is 10.0. The summed E-state index contributed by atoms with van der Waals surface area (Å²) in [5.74, 6) is -4.89. The summed E-state index contributed by atoms with van der Waals surface area (Å²) in [5, 5.41) is 11.3. The van der Waals surface area contributed by atoms with E-state index in [0.29, 0.717) is 0 Å². The molecule has 1 aliphatic rings. The minimum atomic E-state index is -1.26. The van der Waals surface area contributed by atoms with Gasteiger partial charge < -0.3 is 15.2 Å². The number of esters is 1. The van der Waals surface area contributed by atoms with Gasteiger partial charge in [0.15, 0.2) is 5.92 Å². The third kappa shape index (κ3) is 2.90. The average molecular weight is 263 g/mol. The molecule has 1 saturated heterocycles. The van der Waals surface area contributed by atoms with Gasteiger partial charge in [-0.15, -0.1) is 0 Å². The van der Waals surface area contributed by atoms with E-state index in [1.165, 1.54) is 0 Å². The van der Waals surface area contributed by atoms with Gasteiger partial charge in [-0.05, 0) is 5.56 Å². The summed E-state index contributed by atoms with van der Waals surface area (Å²) in [6, 6.07) is 8.97. The normalized spacial score (nSPS) is 21.8. The lowest BCUT2D eigenvalue weighted by Gasteiger charge is -2.12. The molecule has 0 radical (unpaired) electrons. The quantitative estimate of drug-likeness (QED) is 0.597. The van der Waals surface area contributed by atoms with Crippen molar-refractivity contribution in [1.82, 2.24) is 5.32 Å². The Labute approximate surface area is 109 Å². The molecule has 1 heterocycles. The molecule has 1 aromatic rings. The molecule has 0 aromatic heterocycles. The van der Waals surface area contributed by atoms with Gasteiger partial charge in [-0.2, -0.15) is 0 Å². The summed E-state index contributed by atoms with van der Waals surface area (Å²) in [4.78, 5) is 34.2. The molecule has 1 aliphatic heterocycles. The Morgan fingerprint density at radius 1 is 1.32 bits per heavy atom. The topological polar surface area (TPSA) is 92.7 Å². The predicted molar refractivity (Wildman–Crippen MR) is 63.9 cm³/mol. The van der Waals surface area contributed by atoms with E-state index in [1.54, 1.807) is 24.3 Å². The Hall–Kier alpha value is -2.37. The number of hydrogen-bond acceptors (Lipinski definition) is 4. The van der Waals surface area contributed by atoms with Gasteiger partial charge in [-0.25, -0.2) is 0 Å². The Morgan fingerprint density at radius 3 is 2.63 bits per heavy atom. The fraction of sp³-hybridized carbons (Fsp3) is 0.308. The van der Waals surface area contributed by atoms with Crippen molar-refractivity contribution in [3.63, 3.8) is 0 Å². The summed E-state index contributed by atoms with van der Waals surface area (Å²) in [6.45, 7) is -0.0188. The van der Waals surface area contributed by atoms with Gasteiger partial charge in [-0.1, -0.05) is 30.3 Å². The van der Waals surface area contributed by atoms with Crippen molar-refractivity contribution >= 4 is 17.8 Å². The van der Waals surface area contributed by atoms with Gasteiger partial charge in [0.25, 0.3) is 0 Å². The molecule has 1 amide bonds. The second kappa shape index (κ2) is 5.51. The lowest BCUT2D eigenvalue weighted by Crippen LogP contribution is -2.32. The molecule has 0 aliphatic carbocycles. The molecule has 6 nitrogen and oxygen atoms in total. The molecule has 0 saturated carbocycles. The van der Waals surface area contributed by atoms with Gasteiger partial charge in [0.05, 0.1) is 5.92 Å². The van der Waals surface area contributed by atoms with Gasteiger partial charge in [-0.3, -0.25) is 14.4 Å². The van der Waals surface area contributed by atoms with Crippen LogP contribution in [0.25, 0.3) is 0 Å². The number of carbonyl (C=O) groups excluding carboxylic acids is 2. The van der Waals surface area contributed by atoms with Crippen molar-refractivity contribution in [2.24, 2.45) is 11.8 Å². The summed E-state index contributed by atoms with van der Waals surface area (Å²) >= 11 is 0. The van der Waals surface area contributed by atoms with Crippen molar-refractivity contribution in [3.8, 4) is 0 Å². The van der Waals surface area contributed by atoms with E-state index in [4.69, 9.17) is 9.84 Å². The van der Waals surface area contributed by atoms with Crippen LogP contribution >= 0.6 is 0 Å². The van der Waals surface area contributed by atoms with Crippen LogP contribution in [0, 0.1) is 11.8 Å². The van der Waals surface area contributed by atoms with Crippen LogP contribution < -0.4 is 5.32 Å². The highest BCUT2D eigenvalue weighted by atomic mass is 16.5. The first kappa shape index (κ1) is 13.1. The fourth-order valence-corrected chi connectivity index (χ4v) is 1.94. The Kier molecular flexibility index (Phi) is 3.79. The maximum atomic E-state index is 11.8. The molecule has 6 heteroatoms. The van der Waals surface area contributed by atoms with E-state index in [0.717, 1.165) is 5.56 Å². The van der Waals surface area contributed by atoms with Gasteiger partial charge in [0.1, 0.15) is 6.61 Å². The van der Waals surface area contributed by atoms with Crippen molar-refractivity contribution < 1.29 is 24.2 Å². The van der Waals surface area contributed by atoms with Gasteiger partial charge >= 0.3 is 11.9 Å². The highest BCUT2D eigenvalue weighted by molar-refractivity contribution is 6.03. The highest BCUT2D eigenvalue weighted by Crippen LogP contribution is 2.20. The zero-order valence-corrected chi connectivity index (χ0v) is 10.0. The molecule has 1 fully saturated rings. The Balaban J connectivity index is 1.99. The first-order valence-electron chi connectivity index (χ1n) is 5.80. The SMILES string of the molecule is O=C1NC[C@@H](C(=O)O)C1C(=O)OCc1ccccc1. The molecular formula is C13H13NO5. The number of ether oxygens (including phenoxy) is 1. The Bertz CT molecular complexity index is 499. The van der Waals surface area contributed by atoms with E-state index in [9.17, 15) is 14.4 Å². The molecule has 2 rings (SSSR count). The molecule has 0 spiro atoms. The first-order valence-corrected chi connectivity index (χ1v) is 5.80. The van der Waals surface area contributed by atoms with Crippen LogP contribution in [0.2, 0.25) is 0 Å². The largest absolute Gasteiger partial charge is 0.481 e. The van der Waals surface area contributed by atoms with E-state index in [-0.39, 0.29) is 13.2 Å². The number of carboxylic acids is 1. The maximum Gasteiger partial charge on any atom is 0.319 e. The van der Waals surface area contributed by atoms with Gasteiger partial charge in [0, 0.05) is 6.54 Å². The fourth-order valence-electron chi connectivity index (χ4n) is 1.94. The number of carbonyl (C=O) groups is 3. The minimum Gasteiger partial charge on any atom is -0.481 e. The third-order valence-corrected chi connectivity index (χ3v) is 2.98.